The summed E-state index contributed by atoms with van der Waals surface area (Å²) in [6.45, 7) is 0. The summed E-state index contributed by atoms with van der Waals surface area (Å²) in [6.07, 6.45) is 0. The summed E-state index contributed by atoms with van der Waals surface area (Å²) in [5, 5.41) is 0. The number of rotatable bonds is 0. The molecule has 0 rings (SSSR count). The molecule has 0 heterocycles. The summed E-state index contributed by atoms with van der Waals surface area (Å²) in [6, 6.07) is 0. The van der Waals surface area contributed by atoms with Gasteiger partial charge in [-0.15, -0.1) is 0 Å². The minimum Gasteiger partial charge on any atom is -0.822 e. The van der Waals surface area contributed by atoms with Gasteiger partial charge in [0, 0.05) is 0 Å². The Labute approximate surface area is 106 Å². The Kier molecular flexibility index (Phi) is 18.8. The monoisotopic (exact) mass is 370 g/mol. The number of phosphoric acid groups is 2. The van der Waals surface area contributed by atoms with Gasteiger partial charge in [-0.3, -0.25) is 0 Å². The van der Waals surface area contributed by atoms with E-state index in [0.29, 0.717) is 0 Å². The van der Waals surface area contributed by atoms with E-state index in [4.69, 9.17) is 38.5 Å². The molecule has 0 aromatic heterocycles. The fraction of sp³-hybridized carbons (Fsp3) is 0. The zero-order valence-corrected chi connectivity index (χ0v) is 11.9. The fourth-order valence-corrected chi connectivity index (χ4v) is 0. The van der Waals surface area contributed by atoms with Crippen molar-refractivity contribution in [2.75, 3.05) is 0 Å². The quantitative estimate of drug-likeness (QED) is 0.378. The van der Waals surface area contributed by atoms with Crippen LogP contribution in [-0.4, -0.2) is 0 Å². The van der Waals surface area contributed by atoms with Crippen molar-refractivity contribution in [1.82, 2.24) is 0 Å². The molecule has 0 saturated heterocycles. The van der Waals surface area contributed by atoms with Crippen molar-refractivity contribution in [3.05, 3.63) is 0 Å². The molecule has 0 aliphatic carbocycles. The maximum Gasteiger partial charge on any atom is 3.00 e. The van der Waals surface area contributed by atoms with Gasteiger partial charge < -0.3 is 38.5 Å². The van der Waals surface area contributed by atoms with Crippen LogP contribution in [0.3, 0.4) is 0 Å². The molecule has 0 amide bonds. The first-order chi connectivity index (χ1) is 4.00. The van der Waals surface area contributed by atoms with Gasteiger partial charge in [0.1, 0.15) is 0 Å². The van der Waals surface area contributed by atoms with Crippen LogP contribution in [0.4, 0.5) is 0 Å². The van der Waals surface area contributed by atoms with E-state index in [9.17, 15) is 0 Å². The molecule has 0 atom stereocenters. The maximum atomic E-state index is 8.55. The second-order valence-electron chi connectivity index (χ2n) is 0.894. The van der Waals surface area contributed by atoms with Crippen LogP contribution < -0.4 is 29.4 Å². The Morgan fingerprint density at radius 3 is 0.583 bits per heavy atom. The SMILES string of the molecule is O=P([O-])([O-])[O-].O=P([O-])([O-])[O-].[Zr+3].[Zr+3]. The molecular weight excluding hydrogens is 372 g/mol. The minimum absolute atomic E-state index is 0. The van der Waals surface area contributed by atoms with Crippen molar-refractivity contribution < 1.29 is 90.9 Å². The third-order valence-corrected chi connectivity index (χ3v) is 0. The van der Waals surface area contributed by atoms with Crippen LogP contribution in [0.15, 0.2) is 0 Å². The smallest absolute Gasteiger partial charge is 0.822 e. The molecule has 12 heteroatoms. The van der Waals surface area contributed by atoms with Crippen molar-refractivity contribution in [2.24, 2.45) is 0 Å². The van der Waals surface area contributed by atoms with Crippen LogP contribution in [-0.2, 0) is 61.5 Å². The van der Waals surface area contributed by atoms with E-state index in [1.54, 1.807) is 0 Å². The summed E-state index contributed by atoms with van der Waals surface area (Å²) in [5.41, 5.74) is 0. The van der Waals surface area contributed by atoms with E-state index in [1.807, 2.05) is 0 Å². The Hall–Kier alpha value is 1.99. The van der Waals surface area contributed by atoms with Crippen LogP contribution in [0.1, 0.15) is 0 Å². The van der Waals surface area contributed by atoms with Crippen LogP contribution in [0.25, 0.3) is 0 Å². The third kappa shape index (κ3) is 367. The first kappa shape index (κ1) is 23.7. The molecule has 0 aliphatic rings. The zero-order chi connectivity index (χ0) is 9.00. The van der Waals surface area contributed by atoms with Crippen molar-refractivity contribution in [3.63, 3.8) is 0 Å². The predicted molar refractivity (Wildman–Crippen MR) is 15.2 cm³/mol. The Morgan fingerprint density at radius 1 is 0.583 bits per heavy atom. The third-order valence-electron chi connectivity index (χ3n) is 0. The van der Waals surface area contributed by atoms with Crippen LogP contribution in [0.2, 0.25) is 0 Å². The summed E-state index contributed by atoms with van der Waals surface area (Å²) in [5.74, 6) is 0. The molecule has 12 heavy (non-hydrogen) atoms. The van der Waals surface area contributed by atoms with E-state index >= 15 is 0 Å². The van der Waals surface area contributed by atoms with Gasteiger partial charge in [0.15, 0.2) is 0 Å². The Morgan fingerprint density at radius 2 is 0.583 bits per heavy atom. The average Bonchev–Trinajstić information content (AvgIpc) is 1.12. The van der Waals surface area contributed by atoms with Gasteiger partial charge in [0.05, 0.1) is 0 Å². The maximum absolute atomic E-state index is 8.55. The van der Waals surface area contributed by atoms with Gasteiger partial charge in [-0.1, -0.05) is 0 Å². The van der Waals surface area contributed by atoms with E-state index in [1.165, 1.54) is 0 Å². The van der Waals surface area contributed by atoms with Gasteiger partial charge in [0.25, 0.3) is 0 Å². The average molecular weight is 372 g/mol. The largest absolute Gasteiger partial charge is 3.00 e. The van der Waals surface area contributed by atoms with Gasteiger partial charge in [-0.05, 0) is 0 Å². The molecule has 0 bridgehead atoms. The molecule has 0 aliphatic heterocycles. The van der Waals surface area contributed by atoms with E-state index in [2.05, 4.69) is 0 Å². The molecule has 0 aromatic carbocycles. The van der Waals surface area contributed by atoms with E-state index < -0.39 is 15.6 Å². The fourth-order valence-electron chi connectivity index (χ4n) is 0. The van der Waals surface area contributed by atoms with Crippen LogP contribution >= 0.6 is 15.6 Å². The molecule has 0 spiro atoms. The summed E-state index contributed by atoms with van der Waals surface area (Å²) < 4.78 is 17.1. The molecule has 0 fully saturated rings. The van der Waals surface area contributed by atoms with E-state index in [0.717, 1.165) is 0 Å². The molecule has 0 aromatic rings. The second-order valence-corrected chi connectivity index (χ2v) is 2.68. The van der Waals surface area contributed by atoms with Crippen molar-refractivity contribution in [1.29, 1.82) is 0 Å². The van der Waals surface area contributed by atoms with Crippen molar-refractivity contribution in [2.45, 2.75) is 0 Å². The van der Waals surface area contributed by atoms with Gasteiger partial charge in [-0.2, -0.15) is 15.6 Å². The molecule has 0 saturated carbocycles. The summed E-state index contributed by atoms with van der Waals surface area (Å²) in [7, 11) is -10.8. The number of hydrogen-bond acceptors (Lipinski definition) is 8. The van der Waals surface area contributed by atoms with Crippen molar-refractivity contribution >= 4 is 15.6 Å². The van der Waals surface area contributed by atoms with Gasteiger partial charge in [0.2, 0.25) is 0 Å². The minimum atomic E-state index is -5.39. The molecule has 0 unspecified atom stereocenters. The van der Waals surface area contributed by atoms with Gasteiger partial charge in [-0.25, -0.2) is 0 Å². The second kappa shape index (κ2) is 9.54. The standard InChI is InChI=1S/2H3O4P.2Zr/c2*1-5(2,3)4;;/h2*(H3,1,2,3,4);;/q;;2*+3/p-6. The summed E-state index contributed by atoms with van der Waals surface area (Å²) >= 11 is 0. The molecular formula is O8P2Zr2. The Bertz CT molecular complexity index is 127. The predicted octanol–water partition coefficient (Wildman–Crippen LogP) is -5.65. The first-order valence-electron chi connectivity index (χ1n) is 1.46. The number of hydrogen-bond donors (Lipinski definition) is 0. The first-order valence-corrected chi connectivity index (χ1v) is 4.38. The summed E-state index contributed by atoms with van der Waals surface area (Å²) in [4.78, 5) is 51.3. The normalized spacial score (nSPS) is 9.83. The zero-order valence-electron chi connectivity index (χ0n) is 5.16. The topological polar surface area (TPSA) is 172 Å². The molecule has 2 radical (unpaired) electrons. The van der Waals surface area contributed by atoms with Crippen LogP contribution in [0, 0.1) is 0 Å². The molecule has 8 nitrogen and oxygen atoms in total. The van der Waals surface area contributed by atoms with Gasteiger partial charge >= 0.3 is 52.4 Å². The molecule has 66 valence electrons. The van der Waals surface area contributed by atoms with E-state index in [-0.39, 0.29) is 52.4 Å². The Balaban J connectivity index is -0.0000000457. The molecule has 0 N–H and O–H groups in total. The van der Waals surface area contributed by atoms with Crippen LogP contribution in [0.5, 0.6) is 0 Å². The van der Waals surface area contributed by atoms with Crippen molar-refractivity contribution in [3.8, 4) is 0 Å².